The number of nitrogens with one attached hydrogen (secondary N) is 1. The van der Waals surface area contributed by atoms with Crippen LogP contribution in [0, 0.1) is 22.5 Å². The monoisotopic (exact) mass is 224 g/mol. The Morgan fingerprint density at radius 3 is 2.87 bits per heavy atom. The highest BCUT2D eigenvalue weighted by Crippen LogP contribution is 2.26. The van der Waals surface area contributed by atoms with Gasteiger partial charge in [-0.05, 0) is 6.07 Å². The number of nitro benzene ring substituents is 1. The molecule has 0 saturated carbocycles. The number of nitrogens with zero attached hydrogens (tertiary/aromatic N) is 1. The Balaban J connectivity index is 2.76. The third-order valence-electron chi connectivity index (χ3n) is 1.75. The van der Waals surface area contributed by atoms with Gasteiger partial charge in [-0.1, -0.05) is 11.6 Å². The van der Waals surface area contributed by atoms with Crippen LogP contribution in [0.1, 0.15) is 6.42 Å². The third-order valence-corrected chi connectivity index (χ3v) is 2.06. The molecule has 5 heteroatoms. The van der Waals surface area contributed by atoms with Gasteiger partial charge in [0.25, 0.3) is 5.69 Å². The summed E-state index contributed by atoms with van der Waals surface area (Å²) >= 11 is 5.83. The number of benzene rings is 1. The minimum atomic E-state index is -0.489. The van der Waals surface area contributed by atoms with Crippen LogP contribution in [0.2, 0.25) is 5.02 Å². The van der Waals surface area contributed by atoms with Crippen LogP contribution in [0.5, 0.6) is 0 Å². The predicted molar refractivity (Wildman–Crippen MR) is 60.0 cm³/mol. The predicted octanol–water partition coefficient (Wildman–Crippen LogP) is 2.68. The summed E-state index contributed by atoms with van der Waals surface area (Å²) in [4.78, 5) is 9.94. The molecule has 1 N–H and O–H groups in total. The fourth-order valence-electron chi connectivity index (χ4n) is 1.03. The molecule has 0 aliphatic carbocycles. The molecule has 0 spiro atoms. The van der Waals surface area contributed by atoms with Crippen molar-refractivity contribution in [1.29, 1.82) is 0 Å². The third kappa shape index (κ3) is 3.15. The number of rotatable bonds is 4. The lowest BCUT2D eigenvalue weighted by Crippen LogP contribution is -2.01. The fourth-order valence-corrected chi connectivity index (χ4v) is 1.27. The second-order valence-electron chi connectivity index (χ2n) is 2.80. The molecule has 0 radical (unpaired) electrons. The van der Waals surface area contributed by atoms with E-state index in [0.717, 1.165) is 0 Å². The van der Waals surface area contributed by atoms with Crippen molar-refractivity contribution in [3.05, 3.63) is 33.3 Å². The number of hydrogen-bond donors (Lipinski definition) is 1. The van der Waals surface area contributed by atoms with Gasteiger partial charge < -0.3 is 5.32 Å². The molecule has 0 fully saturated rings. The van der Waals surface area contributed by atoms with Gasteiger partial charge in [0.15, 0.2) is 0 Å². The number of halogens is 1. The summed E-state index contributed by atoms with van der Waals surface area (Å²) in [7, 11) is 0. The Morgan fingerprint density at radius 1 is 1.60 bits per heavy atom. The molecule has 0 aliphatic heterocycles. The van der Waals surface area contributed by atoms with E-state index < -0.39 is 4.92 Å². The second kappa shape index (κ2) is 5.23. The van der Waals surface area contributed by atoms with Crippen molar-refractivity contribution in [2.45, 2.75) is 6.42 Å². The zero-order chi connectivity index (χ0) is 11.3. The van der Waals surface area contributed by atoms with E-state index in [2.05, 4.69) is 11.2 Å². The smallest absolute Gasteiger partial charge is 0.271 e. The topological polar surface area (TPSA) is 55.2 Å². The fraction of sp³-hybridized carbons (Fsp3) is 0.200. The van der Waals surface area contributed by atoms with Gasteiger partial charge in [-0.15, -0.1) is 12.3 Å². The van der Waals surface area contributed by atoms with Gasteiger partial charge in [-0.3, -0.25) is 10.1 Å². The Kier molecular flexibility index (Phi) is 3.95. The van der Waals surface area contributed by atoms with Crippen LogP contribution in [0.4, 0.5) is 11.4 Å². The number of anilines is 1. The molecule has 0 heterocycles. The van der Waals surface area contributed by atoms with Crippen LogP contribution < -0.4 is 5.32 Å². The molecular formula is C10H9ClN2O2. The maximum absolute atomic E-state index is 10.4. The summed E-state index contributed by atoms with van der Waals surface area (Å²) in [6.07, 6.45) is 5.66. The largest absolute Gasteiger partial charge is 0.383 e. The lowest BCUT2D eigenvalue weighted by molar-refractivity contribution is -0.384. The summed E-state index contributed by atoms with van der Waals surface area (Å²) in [6.45, 7) is 0.591. The van der Waals surface area contributed by atoms with Crippen LogP contribution in [0.25, 0.3) is 0 Å². The van der Waals surface area contributed by atoms with E-state index in [-0.39, 0.29) is 5.69 Å². The molecular weight excluding hydrogens is 216 g/mol. The molecule has 1 aromatic rings. The normalized spacial score (nSPS) is 9.33. The van der Waals surface area contributed by atoms with Crippen molar-refractivity contribution >= 4 is 23.0 Å². The van der Waals surface area contributed by atoms with Crippen molar-refractivity contribution in [2.24, 2.45) is 0 Å². The van der Waals surface area contributed by atoms with Crippen molar-refractivity contribution in [3.8, 4) is 12.3 Å². The molecule has 0 amide bonds. The lowest BCUT2D eigenvalue weighted by Gasteiger charge is -2.05. The van der Waals surface area contributed by atoms with Gasteiger partial charge in [-0.25, -0.2) is 0 Å². The summed E-state index contributed by atoms with van der Waals surface area (Å²) in [5.41, 5.74) is 0.625. The van der Waals surface area contributed by atoms with Crippen molar-refractivity contribution in [2.75, 3.05) is 11.9 Å². The van der Waals surface area contributed by atoms with Gasteiger partial charge in [0.1, 0.15) is 0 Å². The van der Waals surface area contributed by atoms with Crippen LogP contribution in [-0.2, 0) is 0 Å². The number of terminal acetylenes is 1. The molecule has 1 rings (SSSR count). The molecule has 0 bridgehead atoms. The number of nitro groups is 1. The Labute approximate surface area is 92.4 Å². The lowest BCUT2D eigenvalue weighted by atomic mass is 10.2. The molecule has 0 aromatic heterocycles. The Hall–Kier alpha value is -1.73. The van der Waals surface area contributed by atoms with Crippen LogP contribution >= 0.6 is 11.6 Å². The minimum absolute atomic E-state index is 0.0255. The summed E-state index contributed by atoms with van der Waals surface area (Å²) in [5.74, 6) is 2.47. The molecule has 0 aliphatic rings. The van der Waals surface area contributed by atoms with E-state index in [9.17, 15) is 10.1 Å². The zero-order valence-corrected chi connectivity index (χ0v) is 8.62. The SMILES string of the molecule is C#CCCNc1ccc([N+](=O)[O-])cc1Cl. The summed E-state index contributed by atoms with van der Waals surface area (Å²) in [5, 5.41) is 13.7. The van der Waals surface area contributed by atoms with Gasteiger partial charge in [0.2, 0.25) is 0 Å². The number of non-ortho nitro benzene ring substituents is 1. The summed E-state index contributed by atoms with van der Waals surface area (Å²) < 4.78 is 0. The average molecular weight is 225 g/mol. The second-order valence-corrected chi connectivity index (χ2v) is 3.21. The van der Waals surface area contributed by atoms with Gasteiger partial charge >= 0.3 is 0 Å². The molecule has 15 heavy (non-hydrogen) atoms. The average Bonchev–Trinajstić information content (AvgIpc) is 2.20. The highest BCUT2D eigenvalue weighted by atomic mass is 35.5. The Bertz CT molecular complexity index is 412. The standard InChI is InChI=1S/C10H9ClN2O2/c1-2-3-6-12-10-5-4-8(13(14)15)7-9(10)11/h1,4-5,7,12H,3,6H2. The quantitative estimate of drug-likeness (QED) is 0.370. The highest BCUT2D eigenvalue weighted by molar-refractivity contribution is 6.33. The molecule has 78 valence electrons. The summed E-state index contributed by atoms with van der Waals surface area (Å²) in [6, 6.07) is 4.26. The van der Waals surface area contributed by atoms with Gasteiger partial charge in [-0.2, -0.15) is 0 Å². The van der Waals surface area contributed by atoms with E-state index in [4.69, 9.17) is 18.0 Å². The van der Waals surface area contributed by atoms with Crippen LogP contribution in [0.15, 0.2) is 18.2 Å². The zero-order valence-electron chi connectivity index (χ0n) is 7.87. The van der Waals surface area contributed by atoms with E-state index in [1.807, 2.05) is 0 Å². The van der Waals surface area contributed by atoms with E-state index in [0.29, 0.717) is 23.7 Å². The first-order valence-corrected chi connectivity index (χ1v) is 4.64. The maximum Gasteiger partial charge on any atom is 0.271 e. The van der Waals surface area contributed by atoms with E-state index in [1.165, 1.54) is 12.1 Å². The maximum atomic E-state index is 10.4. The van der Waals surface area contributed by atoms with Crippen molar-refractivity contribution in [1.82, 2.24) is 0 Å². The van der Waals surface area contributed by atoms with Crippen molar-refractivity contribution < 1.29 is 4.92 Å². The van der Waals surface area contributed by atoms with Crippen molar-refractivity contribution in [3.63, 3.8) is 0 Å². The number of hydrogen-bond acceptors (Lipinski definition) is 3. The minimum Gasteiger partial charge on any atom is -0.383 e. The van der Waals surface area contributed by atoms with Crippen LogP contribution in [0.3, 0.4) is 0 Å². The molecule has 0 saturated heterocycles. The molecule has 0 atom stereocenters. The van der Waals surface area contributed by atoms with Gasteiger partial charge in [0.05, 0.1) is 15.6 Å². The highest BCUT2D eigenvalue weighted by Gasteiger charge is 2.08. The molecule has 1 aromatic carbocycles. The molecule has 4 nitrogen and oxygen atoms in total. The first-order valence-electron chi connectivity index (χ1n) is 4.26. The molecule has 0 unspecified atom stereocenters. The van der Waals surface area contributed by atoms with E-state index >= 15 is 0 Å². The Morgan fingerprint density at radius 2 is 2.33 bits per heavy atom. The first-order chi connectivity index (χ1) is 7.15. The first kappa shape index (κ1) is 11.3. The van der Waals surface area contributed by atoms with Gasteiger partial charge in [0, 0.05) is 25.1 Å². The van der Waals surface area contributed by atoms with E-state index in [1.54, 1.807) is 6.07 Å². The van der Waals surface area contributed by atoms with Crippen LogP contribution in [-0.4, -0.2) is 11.5 Å².